The molecule has 11 rings (SSSR count). The molecule has 0 spiro atoms. The average molecular weight is 692 g/mol. The molecule has 0 amide bonds. The summed E-state index contributed by atoms with van der Waals surface area (Å²) in [4.78, 5) is 16.0. The van der Waals surface area contributed by atoms with Crippen LogP contribution in [0, 0.1) is 0 Å². The topological polar surface area (TPSA) is 38.7 Å². The molecule has 0 aliphatic rings. The van der Waals surface area contributed by atoms with Crippen molar-refractivity contribution in [3.63, 3.8) is 0 Å². The van der Waals surface area contributed by atoms with Crippen LogP contribution in [0.1, 0.15) is 0 Å². The number of rotatable bonds is 4. The van der Waals surface area contributed by atoms with Crippen molar-refractivity contribution >= 4 is 74.7 Å². The number of pyridine rings is 1. The number of benzene rings is 8. The van der Waals surface area contributed by atoms with Gasteiger partial charge in [0, 0.05) is 47.8 Å². The van der Waals surface area contributed by atoms with Crippen LogP contribution in [-0.2, 0) is 0 Å². The Bertz CT molecular complexity index is 3130. The monoisotopic (exact) mass is 691 g/mol. The maximum absolute atomic E-state index is 5.67. The van der Waals surface area contributed by atoms with E-state index in [1.807, 2.05) is 35.6 Å². The van der Waals surface area contributed by atoms with Gasteiger partial charge >= 0.3 is 0 Å². The van der Waals surface area contributed by atoms with E-state index in [4.69, 9.17) is 15.0 Å². The van der Waals surface area contributed by atoms with E-state index in [-0.39, 0.29) is 0 Å². The lowest BCUT2D eigenvalue weighted by atomic mass is 9.92. The Kier molecular flexibility index (Phi) is 6.73. The lowest BCUT2D eigenvalue weighted by Gasteiger charge is -2.14. The van der Waals surface area contributed by atoms with Gasteiger partial charge in [0.05, 0.1) is 22.6 Å². The highest BCUT2D eigenvalue weighted by Crippen LogP contribution is 2.46. The van der Waals surface area contributed by atoms with Crippen LogP contribution in [0.4, 0.5) is 0 Å². The summed E-state index contributed by atoms with van der Waals surface area (Å²) in [5, 5.41) is 11.1. The fraction of sp³-hybridized carbons (Fsp3) is 0. The molecule has 53 heavy (non-hydrogen) atoms. The highest BCUT2D eigenvalue weighted by molar-refractivity contribution is 7.26. The van der Waals surface area contributed by atoms with Crippen LogP contribution < -0.4 is 0 Å². The van der Waals surface area contributed by atoms with Gasteiger partial charge in [0.15, 0.2) is 5.82 Å². The molecule has 0 unspecified atom stereocenters. The van der Waals surface area contributed by atoms with Crippen LogP contribution in [0.3, 0.4) is 0 Å². The zero-order chi connectivity index (χ0) is 34.9. The Labute approximate surface area is 309 Å². The van der Waals surface area contributed by atoms with E-state index >= 15 is 0 Å². The fourth-order valence-electron chi connectivity index (χ4n) is 8.01. The second kappa shape index (κ2) is 11.9. The number of thiophene rings is 1. The summed E-state index contributed by atoms with van der Waals surface area (Å²) in [6, 6.07) is 62.4. The Morgan fingerprint density at radius 1 is 0.358 bits per heavy atom. The number of hydrogen-bond acceptors (Lipinski definition) is 4. The second-order valence-electron chi connectivity index (χ2n) is 13.5. The van der Waals surface area contributed by atoms with Gasteiger partial charge in [-0.25, -0.2) is 15.0 Å². The number of hydrogen-bond donors (Lipinski definition) is 0. The van der Waals surface area contributed by atoms with Gasteiger partial charge in [-0.15, -0.1) is 11.3 Å². The number of aromatic nitrogens is 3. The Morgan fingerprint density at radius 3 is 1.64 bits per heavy atom. The molecule has 0 aliphatic heterocycles. The first kappa shape index (κ1) is 29.9. The van der Waals surface area contributed by atoms with Crippen molar-refractivity contribution in [2.24, 2.45) is 0 Å². The van der Waals surface area contributed by atoms with E-state index < -0.39 is 0 Å². The van der Waals surface area contributed by atoms with Crippen molar-refractivity contribution in [2.75, 3.05) is 0 Å². The fourth-order valence-corrected chi connectivity index (χ4v) is 9.24. The third-order valence-electron chi connectivity index (χ3n) is 10.5. The lowest BCUT2D eigenvalue weighted by Crippen LogP contribution is -1.97. The predicted molar refractivity (Wildman–Crippen MR) is 224 cm³/mol. The lowest BCUT2D eigenvalue weighted by molar-refractivity contribution is 1.18. The van der Waals surface area contributed by atoms with Crippen molar-refractivity contribution in [2.45, 2.75) is 0 Å². The molecule has 0 radical (unpaired) electrons. The van der Waals surface area contributed by atoms with Gasteiger partial charge in [-0.3, -0.25) is 0 Å². The van der Waals surface area contributed by atoms with E-state index in [0.717, 1.165) is 50.2 Å². The maximum atomic E-state index is 5.67. The standard InChI is InChI=1S/C49H29N3S/c1-3-14-30(15-4-1)42-29-43(51-49(50-42)31-16-5-2-6-17-31)38-23-13-24-40-47(38)52-46(45-39-22-11-12-25-44(39)53-48(40)45)32-26-27-37-35-20-8-7-18-33(35)34-19-9-10-21-36(34)41(37)28-32/h1-29H. The van der Waals surface area contributed by atoms with Crippen LogP contribution >= 0.6 is 11.3 Å². The van der Waals surface area contributed by atoms with Crippen LogP contribution in [0.2, 0.25) is 0 Å². The van der Waals surface area contributed by atoms with Gasteiger partial charge in [0.2, 0.25) is 0 Å². The smallest absolute Gasteiger partial charge is 0.160 e. The molecule has 0 saturated heterocycles. The summed E-state index contributed by atoms with van der Waals surface area (Å²) in [7, 11) is 0. The molecule has 11 aromatic rings. The molecule has 0 N–H and O–H groups in total. The van der Waals surface area contributed by atoms with Gasteiger partial charge in [0.25, 0.3) is 0 Å². The minimum atomic E-state index is 0.691. The van der Waals surface area contributed by atoms with Crippen molar-refractivity contribution in [3.05, 3.63) is 176 Å². The summed E-state index contributed by atoms with van der Waals surface area (Å²) in [5.74, 6) is 0.691. The first-order valence-corrected chi connectivity index (χ1v) is 18.7. The number of para-hydroxylation sites is 1. The normalized spacial score (nSPS) is 11.8. The third kappa shape index (κ3) is 4.77. The van der Waals surface area contributed by atoms with Crippen molar-refractivity contribution in [1.29, 1.82) is 0 Å². The van der Waals surface area contributed by atoms with E-state index in [1.165, 1.54) is 52.5 Å². The van der Waals surface area contributed by atoms with Gasteiger partial charge in [-0.05, 0) is 50.5 Å². The molecule has 4 heteroatoms. The Hall–Kier alpha value is -6.75. The molecule has 0 fully saturated rings. The largest absolute Gasteiger partial charge is 0.246 e. The molecule has 3 aromatic heterocycles. The molecule has 3 nitrogen and oxygen atoms in total. The quantitative estimate of drug-likeness (QED) is 0.172. The van der Waals surface area contributed by atoms with Crippen LogP contribution in [0.5, 0.6) is 0 Å². The Morgan fingerprint density at radius 2 is 0.925 bits per heavy atom. The Balaban J connectivity index is 1.23. The molecule has 0 aliphatic carbocycles. The molecular formula is C49H29N3S. The first-order valence-electron chi connectivity index (χ1n) is 17.9. The van der Waals surface area contributed by atoms with Gasteiger partial charge in [0.1, 0.15) is 0 Å². The van der Waals surface area contributed by atoms with Gasteiger partial charge < -0.3 is 0 Å². The van der Waals surface area contributed by atoms with Crippen molar-refractivity contribution in [1.82, 2.24) is 15.0 Å². The third-order valence-corrected chi connectivity index (χ3v) is 11.7. The maximum Gasteiger partial charge on any atom is 0.160 e. The minimum absolute atomic E-state index is 0.691. The molecule has 0 saturated carbocycles. The SMILES string of the molecule is c1ccc(-c2cc(-c3cccc4c3nc(-c3ccc5c6ccccc6c6ccccc6c5c3)c3c5ccccc5sc43)nc(-c3ccccc3)n2)cc1. The molecule has 8 aromatic carbocycles. The second-order valence-corrected chi connectivity index (χ2v) is 14.6. The van der Waals surface area contributed by atoms with Crippen molar-refractivity contribution in [3.8, 4) is 45.2 Å². The number of nitrogens with zero attached hydrogens (tertiary/aromatic N) is 3. The zero-order valence-electron chi connectivity index (χ0n) is 28.5. The molecular weight excluding hydrogens is 663 g/mol. The van der Waals surface area contributed by atoms with Gasteiger partial charge in [-0.1, -0.05) is 158 Å². The molecule has 246 valence electrons. The summed E-state index contributed by atoms with van der Waals surface area (Å²) in [5.41, 5.74) is 7.74. The zero-order valence-corrected chi connectivity index (χ0v) is 29.3. The first-order chi connectivity index (χ1) is 26.3. The summed E-state index contributed by atoms with van der Waals surface area (Å²) in [6.07, 6.45) is 0. The van der Waals surface area contributed by atoms with Crippen LogP contribution in [0.15, 0.2) is 176 Å². The highest BCUT2D eigenvalue weighted by Gasteiger charge is 2.21. The predicted octanol–water partition coefficient (Wildman–Crippen LogP) is 13.5. The summed E-state index contributed by atoms with van der Waals surface area (Å²) < 4.78 is 2.48. The van der Waals surface area contributed by atoms with E-state index in [2.05, 4.69) is 152 Å². The highest BCUT2D eigenvalue weighted by atomic mass is 32.1. The minimum Gasteiger partial charge on any atom is -0.246 e. The molecule has 0 atom stereocenters. The average Bonchev–Trinajstić information content (AvgIpc) is 3.64. The van der Waals surface area contributed by atoms with Crippen LogP contribution in [0.25, 0.3) is 109 Å². The summed E-state index contributed by atoms with van der Waals surface area (Å²) >= 11 is 1.84. The summed E-state index contributed by atoms with van der Waals surface area (Å²) in [6.45, 7) is 0. The van der Waals surface area contributed by atoms with E-state index in [0.29, 0.717) is 5.82 Å². The van der Waals surface area contributed by atoms with Crippen molar-refractivity contribution < 1.29 is 0 Å². The molecule has 0 bridgehead atoms. The molecule has 3 heterocycles. The van der Waals surface area contributed by atoms with E-state index in [1.54, 1.807) is 0 Å². The van der Waals surface area contributed by atoms with Gasteiger partial charge in [-0.2, -0.15) is 0 Å². The van der Waals surface area contributed by atoms with E-state index in [9.17, 15) is 0 Å². The van der Waals surface area contributed by atoms with Crippen LogP contribution in [-0.4, -0.2) is 15.0 Å². The number of fused-ring (bicyclic) bond motifs is 11.